The van der Waals surface area contributed by atoms with Crippen molar-refractivity contribution in [3.8, 4) is 33.7 Å². The standard InChI is InChI=1S/C31H23ClFN3O3/c1-18-28(35-27-4-2-3-26(34-27)24-17-23(33)13-14-25(24)32)29(39-36-18)21-7-5-19(6-8-21)20-9-11-22(12-10-20)31(15-16-31)30(37)38/h2-14,17H,15-16H2,1H3,(H,34,35)(H,37,38). The summed E-state index contributed by atoms with van der Waals surface area (Å²) in [6.45, 7) is 1.84. The van der Waals surface area contributed by atoms with E-state index in [1.54, 1.807) is 12.1 Å². The highest BCUT2D eigenvalue weighted by Crippen LogP contribution is 2.48. The number of carboxylic acids is 1. The van der Waals surface area contributed by atoms with Crippen LogP contribution in [0, 0.1) is 12.7 Å². The summed E-state index contributed by atoms with van der Waals surface area (Å²) in [6.07, 6.45) is 1.36. The topological polar surface area (TPSA) is 88.2 Å². The smallest absolute Gasteiger partial charge is 0.314 e. The highest BCUT2D eigenvalue weighted by atomic mass is 35.5. The molecule has 2 aromatic heterocycles. The maximum absolute atomic E-state index is 13.8. The van der Waals surface area contributed by atoms with Gasteiger partial charge in [-0.05, 0) is 66.8 Å². The number of hydrogen-bond acceptors (Lipinski definition) is 5. The molecule has 8 heteroatoms. The summed E-state index contributed by atoms with van der Waals surface area (Å²) < 4.78 is 19.5. The Hall–Kier alpha value is -4.49. The fourth-order valence-electron chi connectivity index (χ4n) is 4.74. The molecule has 0 spiro atoms. The number of nitrogens with one attached hydrogen (secondary N) is 1. The van der Waals surface area contributed by atoms with Crippen molar-refractivity contribution in [1.82, 2.24) is 10.1 Å². The molecule has 2 N–H and O–H groups in total. The minimum absolute atomic E-state index is 0.391. The molecule has 6 nitrogen and oxygen atoms in total. The number of anilines is 2. The summed E-state index contributed by atoms with van der Waals surface area (Å²) >= 11 is 6.28. The zero-order valence-corrected chi connectivity index (χ0v) is 21.7. The zero-order valence-electron chi connectivity index (χ0n) is 20.9. The molecule has 1 aliphatic rings. The van der Waals surface area contributed by atoms with Crippen LogP contribution in [-0.2, 0) is 10.2 Å². The van der Waals surface area contributed by atoms with E-state index in [0.717, 1.165) is 22.3 Å². The largest absolute Gasteiger partial charge is 0.481 e. The highest BCUT2D eigenvalue weighted by Gasteiger charge is 2.51. The third-order valence-electron chi connectivity index (χ3n) is 7.15. The van der Waals surface area contributed by atoms with Crippen LogP contribution in [0.15, 0.2) is 89.5 Å². The summed E-state index contributed by atoms with van der Waals surface area (Å²) in [5, 5.41) is 17.4. The molecule has 2 heterocycles. The number of hydrogen-bond donors (Lipinski definition) is 2. The number of rotatable bonds is 7. The molecule has 0 atom stereocenters. The van der Waals surface area contributed by atoms with Crippen molar-refractivity contribution in [2.24, 2.45) is 0 Å². The van der Waals surface area contributed by atoms with E-state index in [2.05, 4.69) is 15.5 Å². The van der Waals surface area contributed by atoms with Crippen LogP contribution < -0.4 is 5.32 Å². The Morgan fingerprint density at radius 1 is 0.974 bits per heavy atom. The molecule has 0 aliphatic heterocycles. The number of benzene rings is 3. The SMILES string of the molecule is Cc1noc(-c2ccc(-c3ccc(C4(C(=O)O)CC4)cc3)cc2)c1Nc1cccc(-c2cc(F)ccc2Cl)n1. The predicted octanol–water partition coefficient (Wildman–Crippen LogP) is 8.03. The van der Waals surface area contributed by atoms with E-state index in [-0.39, 0.29) is 0 Å². The van der Waals surface area contributed by atoms with Gasteiger partial charge < -0.3 is 14.9 Å². The van der Waals surface area contributed by atoms with Gasteiger partial charge in [-0.15, -0.1) is 0 Å². The Morgan fingerprint density at radius 3 is 2.31 bits per heavy atom. The average Bonchev–Trinajstić information content (AvgIpc) is 3.70. The van der Waals surface area contributed by atoms with Gasteiger partial charge in [-0.3, -0.25) is 4.79 Å². The van der Waals surface area contributed by atoms with E-state index in [4.69, 9.17) is 16.1 Å². The first-order valence-corrected chi connectivity index (χ1v) is 12.8. The van der Waals surface area contributed by atoms with Crippen molar-refractivity contribution in [2.45, 2.75) is 25.2 Å². The molecular formula is C31H23ClFN3O3. The van der Waals surface area contributed by atoms with Crippen LogP contribution in [-0.4, -0.2) is 21.2 Å². The molecule has 0 radical (unpaired) electrons. The molecule has 3 aromatic carbocycles. The average molecular weight is 540 g/mol. The van der Waals surface area contributed by atoms with Gasteiger partial charge in [0.1, 0.15) is 23.0 Å². The van der Waals surface area contributed by atoms with Gasteiger partial charge in [0, 0.05) is 11.1 Å². The Labute approximate surface area is 229 Å². The number of carbonyl (C=O) groups is 1. The Balaban J connectivity index is 1.25. The summed E-state index contributed by atoms with van der Waals surface area (Å²) in [5.41, 5.74) is 5.32. The van der Waals surface area contributed by atoms with Crippen molar-refractivity contribution in [2.75, 3.05) is 5.32 Å². The van der Waals surface area contributed by atoms with E-state index in [1.165, 1.54) is 18.2 Å². The Bertz CT molecular complexity index is 1690. The molecule has 1 fully saturated rings. The highest BCUT2D eigenvalue weighted by molar-refractivity contribution is 6.33. The second kappa shape index (κ2) is 9.67. The summed E-state index contributed by atoms with van der Waals surface area (Å²) in [6, 6.07) is 25.2. The summed E-state index contributed by atoms with van der Waals surface area (Å²) in [4.78, 5) is 16.2. The van der Waals surface area contributed by atoms with Gasteiger partial charge in [0.05, 0.1) is 16.1 Å². The van der Waals surface area contributed by atoms with E-state index in [9.17, 15) is 14.3 Å². The molecule has 194 valence electrons. The molecule has 0 bridgehead atoms. The number of halogens is 2. The first kappa shape index (κ1) is 24.8. The lowest BCUT2D eigenvalue weighted by atomic mass is 9.93. The monoisotopic (exact) mass is 539 g/mol. The second-order valence-electron chi connectivity index (χ2n) is 9.67. The number of aliphatic carboxylic acids is 1. The number of nitrogens with zero attached hydrogens (tertiary/aromatic N) is 2. The van der Waals surface area contributed by atoms with Gasteiger partial charge in [0.15, 0.2) is 5.76 Å². The van der Waals surface area contributed by atoms with Crippen molar-refractivity contribution in [3.05, 3.63) is 107 Å². The molecule has 5 aromatic rings. The van der Waals surface area contributed by atoms with Crippen LogP contribution in [0.3, 0.4) is 0 Å². The Morgan fingerprint density at radius 2 is 1.64 bits per heavy atom. The van der Waals surface area contributed by atoms with Crippen LogP contribution in [0.4, 0.5) is 15.9 Å². The van der Waals surface area contributed by atoms with Crippen LogP contribution in [0.5, 0.6) is 0 Å². The second-order valence-corrected chi connectivity index (χ2v) is 10.1. The normalized spacial score (nSPS) is 13.7. The lowest BCUT2D eigenvalue weighted by Gasteiger charge is -2.11. The lowest BCUT2D eigenvalue weighted by molar-refractivity contribution is -0.140. The fourth-order valence-corrected chi connectivity index (χ4v) is 4.95. The molecule has 1 saturated carbocycles. The molecule has 0 amide bonds. The molecule has 0 saturated heterocycles. The quantitative estimate of drug-likeness (QED) is 0.218. The van der Waals surface area contributed by atoms with E-state index >= 15 is 0 Å². The van der Waals surface area contributed by atoms with Gasteiger partial charge in [0.2, 0.25) is 0 Å². The van der Waals surface area contributed by atoms with Crippen molar-refractivity contribution in [3.63, 3.8) is 0 Å². The minimum atomic E-state index is -0.758. The molecule has 1 aliphatic carbocycles. The first-order valence-electron chi connectivity index (χ1n) is 12.4. The van der Waals surface area contributed by atoms with E-state index in [1.807, 2.05) is 61.5 Å². The van der Waals surface area contributed by atoms with Crippen LogP contribution in [0.25, 0.3) is 33.7 Å². The van der Waals surface area contributed by atoms with Crippen molar-refractivity contribution < 1.29 is 18.8 Å². The maximum Gasteiger partial charge on any atom is 0.314 e. The number of aryl methyl sites for hydroxylation is 1. The van der Waals surface area contributed by atoms with Crippen LogP contribution in [0.2, 0.25) is 5.02 Å². The lowest BCUT2D eigenvalue weighted by Crippen LogP contribution is -2.19. The van der Waals surface area contributed by atoms with Gasteiger partial charge in [-0.25, -0.2) is 9.37 Å². The van der Waals surface area contributed by atoms with E-state index in [0.29, 0.717) is 52.1 Å². The number of carboxylic acid groups (broad SMARTS) is 1. The summed E-state index contributed by atoms with van der Waals surface area (Å²) in [7, 11) is 0. The van der Waals surface area contributed by atoms with Gasteiger partial charge in [-0.2, -0.15) is 0 Å². The molecule has 39 heavy (non-hydrogen) atoms. The third-order valence-corrected chi connectivity index (χ3v) is 7.48. The first-order chi connectivity index (χ1) is 18.8. The van der Waals surface area contributed by atoms with Gasteiger partial charge in [-0.1, -0.05) is 71.4 Å². The molecule has 6 rings (SSSR count). The number of pyridine rings is 1. The Kier molecular flexibility index (Phi) is 6.16. The summed E-state index contributed by atoms with van der Waals surface area (Å²) in [5.74, 6) is -0.0568. The van der Waals surface area contributed by atoms with Crippen LogP contribution >= 0.6 is 11.6 Å². The zero-order chi connectivity index (χ0) is 27.1. The third kappa shape index (κ3) is 4.66. The predicted molar refractivity (Wildman–Crippen MR) is 149 cm³/mol. The fraction of sp³-hybridized carbons (Fsp3) is 0.129. The number of aromatic nitrogens is 2. The minimum Gasteiger partial charge on any atom is -0.481 e. The maximum atomic E-state index is 13.8. The molecular weight excluding hydrogens is 517 g/mol. The van der Waals surface area contributed by atoms with Crippen LogP contribution in [0.1, 0.15) is 24.1 Å². The van der Waals surface area contributed by atoms with Gasteiger partial charge >= 0.3 is 5.97 Å². The van der Waals surface area contributed by atoms with Gasteiger partial charge in [0.25, 0.3) is 0 Å². The van der Waals surface area contributed by atoms with Crippen molar-refractivity contribution in [1.29, 1.82) is 0 Å². The molecule has 0 unspecified atom stereocenters. The van der Waals surface area contributed by atoms with Crippen molar-refractivity contribution >= 4 is 29.1 Å². The van der Waals surface area contributed by atoms with E-state index < -0.39 is 17.2 Å².